The molecule has 0 radical (unpaired) electrons. The minimum absolute atomic E-state index is 0.379. The third-order valence-electron chi connectivity index (χ3n) is 5.30. The highest BCUT2D eigenvalue weighted by Gasteiger charge is 2.21. The number of fused-ring (bicyclic) bond motifs is 1. The highest BCUT2D eigenvalue weighted by Crippen LogP contribution is 2.14. The fourth-order valence-electron chi connectivity index (χ4n) is 3.67. The summed E-state index contributed by atoms with van der Waals surface area (Å²) in [7, 11) is 1.64. The molecule has 0 unspecified atom stereocenters. The Morgan fingerprint density at radius 1 is 0.963 bits per heavy atom. The van der Waals surface area contributed by atoms with Gasteiger partial charge < -0.3 is 14.0 Å². The minimum Gasteiger partial charge on any atom is -0.379 e. The van der Waals surface area contributed by atoms with Crippen molar-refractivity contribution in [2.75, 3.05) is 59.2 Å². The van der Waals surface area contributed by atoms with Crippen molar-refractivity contribution in [2.45, 2.75) is 13.1 Å². The first-order valence-electron chi connectivity index (χ1n) is 9.42. The first-order valence-corrected chi connectivity index (χ1v) is 9.42. The molecule has 148 valence electrons. The number of hydrogen-bond donors (Lipinski definition) is 1. The number of nitrogens with one attached hydrogen (secondary N) is 1. The van der Waals surface area contributed by atoms with Crippen LogP contribution in [0.2, 0.25) is 0 Å². The average molecular weight is 378 g/mol. The summed E-state index contributed by atoms with van der Waals surface area (Å²) in [4.78, 5) is 36.2. The fourth-order valence-corrected chi connectivity index (χ4v) is 3.67. The molecule has 2 aliphatic heterocycles. The molecule has 2 aromatic heterocycles. The van der Waals surface area contributed by atoms with E-state index >= 15 is 0 Å². The van der Waals surface area contributed by atoms with E-state index in [0.717, 1.165) is 51.8 Å². The third-order valence-corrected chi connectivity index (χ3v) is 5.30. The van der Waals surface area contributed by atoms with Crippen LogP contribution in [0.15, 0.2) is 9.59 Å². The number of aromatic nitrogens is 4. The standard InChI is InChI=1S/C17H26N6O4/c1-20-15-14(16(24)19-17(20)25)23(3-2-21-4-8-26-9-5-21)13(18-15)12-22-6-10-27-11-7-22/h2-12H2,1H3,(H,19,24,25). The summed E-state index contributed by atoms with van der Waals surface area (Å²) >= 11 is 0. The zero-order chi connectivity index (χ0) is 18.8. The Labute approximate surface area is 156 Å². The molecule has 0 aromatic carbocycles. The van der Waals surface area contributed by atoms with Crippen LogP contribution in [0.25, 0.3) is 11.2 Å². The molecular weight excluding hydrogens is 352 g/mol. The lowest BCUT2D eigenvalue weighted by Gasteiger charge is -2.28. The molecule has 0 atom stereocenters. The van der Waals surface area contributed by atoms with Gasteiger partial charge in [0.15, 0.2) is 11.2 Å². The second-order valence-corrected chi connectivity index (χ2v) is 7.01. The molecule has 2 saturated heterocycles. The zero-order valence-corrected chi connectivity index (χ0v) is 15.6. The number of imidazole rings is 1. The summed E-state index contributed by atoms with van der Waals surface area (Å²) in [6, 6.07) is 0. The lowest BCUT2D eigenvalue weighted by atomic mass is 10.3. The summed E-state index contributed by atoms with van der Waals surface area (Å²) in [5.74, 6) is 0.812. The molecular formula is C17H26N6O4. The Balaban J connectivity index is 1.68. The van der Waals surface area contributed by atoms with Crippen LogP contribution in [0.3, 0.4) is 0 Å². The molecule has 2 aromatic rings. The van der Waals surface area contributed by atoms with E-state index in [1.807, 2.05) is 4.57 Å². The lowest BCUT2D eigenvalue weighted by molar-refractivity contribution is 0.0312. The van der Waals surface area contributed by atoms with Crippen LogP contribution in [-0.4, -0.2) is 88.1 Å². The topological polar surface area (TPSA) is 97.6 Å². The number of aryl methyl sites for hydroxylation is 1. The molecule has 0 aliphatic carbocycles. The van der Waals surface area contributed by atoms with Gasteiger partial charge in [-0.25, -0.2) is 9.78 Å². The van der Waals surface area contributed by atoms with E-state index in [4.69, 9.17) is 9.47 Å². The van der Waals surface area contributed by atoms with Gasteiger partial charge in [-0.05, 0) is 0 Å². The molecule has 10 nitrogen and oxygen atoms in total. The molecule has 4 rings (SSSR count). The van der Waals surface area contributed by atoms with Crippen LogP contribution in [0.4, 0.5) is 0 Å². The van der Waals surface area contributed by atoms with Crippen molar-refractivity contribution in [3.63, 3.8) is 0 Å². The van der Waals surface area contributed by atoms with Crippen LogP contribution in [0.5, 0.6) is 0 Å². The SMILES string of the molecule is Cn1c(=O)[nH]c(=O)c2c1nc(CN1CCOCC1)n2CCN1CCOCC1. The van der Waals surface area contributed by atoms with E-state index in [-0.39, 0.29) is 5.56 Å². The highest BCUT2D eigenvalue weighted by molar-refractivity contribution is 5.70. The second-order valence-electron chi connectivity index (χ2n) is 7.01. The summed E-state index contributed by atoms with van der Waals surface area (Å²) < 4.78 is 14.2. The molecule has 0 saturated carbocycles. The Kier molecular flexibility index (Phi) is 5.39. The van der Waals surface area contributed by atoms with E-state index in [1.54, 1.807) is 7.05 Å². The van der Waals surface area contributed by atoms with Gasteiger partial charge in [0.2, 0.25) is 0 Å². The van der Waals surface area contributed by atoms with E-state index < -0.39 is 5.69 Å². The molecule has 0 bridgehead atoms. The predicted molar refractivity (Wildman–Crippen MR) is 98.9 cm³/mol. The number of H-pyrrole nitrogens is 1. The van der Waals surface area contributed by atoms with Crippen molar-refractivity contribution < 1.29 is 9.47 Å². The number of nitrogens with zero attached hydrogens (tertiary/aromatic N) is 5. The smallest absolute Gasteiger partial charge is 0.329 e. The fraction of sp³-hybridized carbons (Fsp3) is 0.706. The van der Waals surface area contributed by atoms with Gasteiger partial charge in [-0.2, -0.15) is 0 Å². The summed E-state index contributed by atoms with van der Waals surface area (Å²) in [5, 5.41) is 0. The van der Waals surface area contributed by atoms with Crippen molar-refractivity contribution >= 4 is 11.2 Å². The Hall–Kier alpha value is -2.01. The van der Waals surface area contributed by atoms with Gasteiger partial charge in [-0.1, -0.05) is 0 Å². The van der Waals surface area contributed by atoms with Gasteiger partial charge >= 0.3 is 5.69 Å². The number of aromatic amines is 1. The van der Waals surface area contributed by atoms with Crippen molar-refractivity contribution in [2.24, 2.45) is 7.05 Å². The number of rotatable bonds is 5. The van der Waals surface area contributed by atoms with E-state index in [2.05, 4.69) is 19.8 Å². The monoisotopic (exact) mass is 378 g/mol. The Morgan fingerprint density at radius 2 is 1.59 bits per heavy atom. The molecule has 10 heteroatoms. The molecule has 1 N–H and O–H groups in total. The van der Waals surface area contributed by atoms with Gasteiger partial charge in [0.25, 0.3) is 5.56 Å². The predicted octanol–water partition coefficient (Wildman–Crippen LogP) is -1.41. The van der Waals surface area contributed by atoms with Crippen LogP contribution in [0, 0.1) is 0 Å². The van der Waals surface area contributed by atoms with Crippen LogP contribution in [-0.2, 0) is 29.6 Å². The summed E-state index contributed by atoms with van der Waals surface area (Å²) in [5.41, 5.74) is 0.0849. The number of hydrogen-bond acceptors (Lipinski definition) is 7. The van der Waals surface area contributed by atoms with Gasteiger partial charge in [0.1, 0.15) is 5.82 Å². The largest absolute Gasteiger partial charge is 0.379 e. The highest BCUT2D eigenvalue weighted by atomic mass is 16.5. The van der Waals surface area contributed by atoms with E-state index in [9.17, 15) is 9.59 Å². The van der Waals surface area contributed by atoms with Gasteiger partial charge in [0.05, 0.1) is 33.0 Å². The maximum Gasteiger partial charge on any atom is 0.329 e. The summed E-state index contributed by atoms with van der Waals surface area (Å²) in [6.45, 7) is 8.42. The van der Waals surface area contributed by atoms with E-state index in [1.165, 1.54) is 4.57 Å². The van der Waals surface area contributed by atoms with Crippen molar-refractivity contribution in [3.05, 3.63) is 26.7 Å². The molecule has 2 fully saturated rings. The minimum atomic E-state index is -0.441. The van der Waals surface area contributed by atoms with Gasteiger partial charge in [0, 0.05) is 46.3 Å². The zero-order valence-electron chi connectivity index (χ0n) is 15.6. The molecule has 0 spiro atoms. The van der Waals surface area contributed by atoms with Crippen LogP contribution in [0.1, 0.15) is 5.82 Å². The first-order chi connectivity index (χ1) is 13.1. The van der Waals surface area contributed by atoms with Crippen LogP contribution < -0.4 is 11.2 Å². The quantitative estimate of drug-likeness (QED) is 0.682. The normalized spacial score (nSPS) is 19.7. The number of morpholine rings is 2. The van der Waals surface area contributed by atoms with Gasteiger partial charge in [-0.3, -0.25) is 24.1 Å². The van der Waals surface area contributed by atoms with Gasteiger partial charge in [-0.15, -0.1) is 0 Å². The maximum absolute atomic E-state index is 12.5. The maximum atomic E-state index is 12.5. The number of ether oxygens (including phenoxy) is 2. The summed E-state index contributed by atoms with van der Waals surface area (Å²) in [6.07, 6.45) is 0. The van der Waals surface area contributed by atoms with E-state index in [0.29, 0.717) is 37.5 Å². The lowest BCUT2D eigenvalue weighted by Crippen LogP contribution is -2.39. The Morgan fingerprint density at radius 3 is 2.26 bits per heavy atom. The second kappa shape index (κ2) is 7.93. The Bertz CT molecular complexity index is 905. The molecule has 0 amide bonds. The first kappa shape index (κ1) is 18.4. The third kappa shape index (κ3) is 3.84. The van der Waals surface area contributed by atoms with Crippen LogP contribution >= 0.6 is 0 Å². The van der Waals surface area contributed by atoms with Crippen molar-refractivity contribution in [1.82, 2.24) is 28.9 Å². The molecule has 2 aliphatic rings. The van der Waals surface area contributed by atoms with Crippen molar-refractivity contribution in [3.8, 4) is 0 Å². The molecule has 4 heterocycles. The average Bonchev–Trinajstić information content (AvgIpc) is 3.05. The molecule has 27 heavy (non-hydrogen) atoms. The van der Waals surface area contributed by atoms with Crippen molar-refractivity contribution in [1.29, 1.82) is 0 Å².